The first-order valence-corrected chi connectivity index (χ1v) is 8.25. The van der Waals surface area contributed by atoms with E-state index in [2.05, 4.69) is 10.3 Å². The molecule has 1 aromatic carbocycles. The number of aliphatic hydroxyl groups is 2. The first-order valence-electron chi connectivity index (χ1n) is 8.25. The Balaban J connectivity index is 1.98. The van der Waals surface area contributed by atoms with Gasteiger partial charge in [-0.3, -0.25) is 14.0 Å². The average Bonchev–Trinajstić information content (AvgIpc) is 3.13. The first kappa shape index (κ1) is 18.6. The number of hydrogen-bond acceptors (Lipinski definition) is 6. The maximum atomic E-state index is 12.6. The van der Waals surface area contributed by atoms with Gasteiger partial charge in [-0.2, -0.15) is 0 Å². The van der Waals surface area contributed by atoms with E-state index in [-0.39, 0.29) is 23.4 Å². The van der Waals surface area contributed by atoms with Gasteiger partial charge in [-0.05, 0) is 24.3 Å². The maximum absolute atomic E-state index is 12.6. The lowest BCUT2D eigenvalue weighted by Gasteiger charge is -2.09. The normalized spacial score (nSPS) is 12.1. The molecular formula is C18H20N4O5. The zero-order valence-corrected chi connectivity index (χ0v) is 14.9. The Hall–Kier alpha value is -3.17. The van der Waals surface area contributed by atoms with E-state index >= 15 is 0 Å². The van der Waals surface area contributed by atoms with Crippen molar-refractivity contribution < 1.29 is 19.7 Å². The van der Waals surface area contributed by atoms with Gasteiger partial charge in [-0.25, -0.2) is 4.98 Å². The summed E-state index contributed by atoms with van der Waals surface area (Å²) in [6.45, 7) is -0.574. The van der Waals surface area contributed by atoms with Crippen LogP contribution >= 0.6 is 0 Å². The van der Waals surface area contributed by atoms with Crippen molar-refractivity contribution in [2.45, 2.75) is 6.10 Å². The number of methoxy groups -OCH3 is 1. The van der Waals surface area contributed by atoms with Gasteiger partial charge in [0, 0.05) is 31.5 Å². The van der Waals surface area contributed by atoms with Crippen molar-refractivity contribution >= 4 is 11.6 Å². The molecule has 9 heteroatoms. The number of aromatic nitrogens is 3. The summed E-state index contributed by atoms with van der Waals surface area (Å²) >= 11 is 0. The number of imidazole rings is 1. The van der Waals surface area contributed by atoms with Crippen LogP contribution in [0.5, 0.6) is 5.75 Å². The van der Waals surface area contributed by atoms with Crippen LogP contribution in [0.25, 0.3) is 16.9 Å². The van der Waals surface area contributed by atoms with Gasteiger partial charge < -0.3 is 24.8 Å². The molecule has 0 aliphatic carbocycles. The van der Waals surface area contributed by atoms with Crippen LogP contribution in [0.15, 0.2) is 41.5 Å². The average molecular weight is 372 g/mol. The fourth-order valence-electron chi connectivity index (χ4n) is 2.63. The van der Waals surface area contributed by atoms with Crippen LogP contribution in [0.1, 0.15) is 10.5 Å². The number of ether oxygens (including phenoxy) is 1. The van der Waals surface area contributed by atoms with Crippen molar-refractivity contribution in [2.24, 2.45) is 7.05 Å². The minimum atomic E-state index is -1.06. The highest BCUT2D eigenvalue weighted by molar-refractivity contribution is 5.92. The van der Waals surface area contributed by atoms with Crippen molar-refractivity contribution in [1.82, 2.24) is 19.3 Å². The van der Waals surface area contributed by atoms with Gasteiger partial charge >= 0.3 is 0 Å². The number of nitrogens with zero attached hydrogens (tertiary/aromatic N) is 3. The van der Waals surface area contributed by atoms with Crippen molar-refractivity contribution in [3.8, 4) is 17.0 Å². The number of carbonyl (C=O) groups is 1. The molecule has 0 unspecified atom stereocenters. The molecule has 0 saturated heterocycles. The van der Waals surface area contributed by atoms with Gasteiger partial charge in [-0.15, -0.1) is 0 Å². The SMILES string of the molecule is COc1ccc(-c2cn3cc(C(=O)NC[C@@H](O)CO)nc3c(=O)n2C)cc1. The molecule has 3 aromatic rings. The van der Waals surface area contributed by atoms with Crippen LogP contribution in [-0.4, -0.2) is 56.4 Å². The molecule has 0 aliphatic rings. The summed E-state index contributed by atoms with van der Waals surface area (Å²) < 4.78 is 8.10. The molecule has 0 radical (unpaired) electrons. The molecule has 2 heterocycles. The van der Waals surface area contributed by atoms with Crippen molar-refractivity contribution in [2.75, 3.05) is 20.3 Å². The van der Waals surface area contributed by atoms with Crippen LogP contribution in [-0.2, 0) is 7.05 Å². The third kappa shape index (κ3) is 3.69. The minimum Gasteiger partial charge on any atom is -0.497 e. The molecule has 9 nitrogen and oxygen atoms in total. The van der Waals surface area contributed by atoms with E-state index < -0.39 is 18.6 Å². The third-order valence-electron chi connectivity index (χ3n) is 4.18. The van der Waals surface area contributed by atoms with Gasteiger partial charge in [0.25, 0.3) is 11.5 Å². The lowest BCUT2D eigenvalue weighted by Crippen LogP contribution is -2.34. The van der Waals surface area contributed by atoms with E-state index in [1.165, 1.54) is 15.2 Å². The van der Waals surface area contributed by atoms with E-state index in [0.717, 1.165) is 5.56 Å². The van der Waals surface area contributed by atoms with Crippen molar-refractivity contribution in [3.05, 3.63) is 52.7 Å². The summed E-state index contributed by atoms with van der Waals surface area (Å²) in [6.07, 6.45) is 2.11. The number of rotatable bonds is 6. The summed E-state index contributed by atoms with van der Waals surface area (Å²) in [4.78, 5) is 28.9. The van der Waals surface area contributed by atoms with Crippen LogP contribution in [0.4, 0.5) is 0 Å². The van der Waals surface area contributed by atoms with Crippen molar-refractivity contribution in [3.63, 3.8) is 0 Å². The van der Waals surface area contributed by atoms with Crippen molar-refractivity contribution in [1.29, 1.82) is 0 Å². The number of benzene rings is 1. The number of nitrogens with one attached hydrogen (secondary N) is 1. The van der Waals surface area contributed by atoms with Gasteiger partial charge in [0.15, 0.2) is 0 Å². The molecule has 0 fully saturated rings. The lowest BCUT2D eigenvalue weighted by molar-refractivity contribution is 0.0799. The lowest BCUT2D eigenvalue weighted by atomic mass is 10.1. The molecule has 1 atom stereocenters. The molecular weight excluding hydrogens is 352 g/mol. The van der Waals surface area contributed by atoms with E-state index in [0.29, 0.717) is 11.4 Å². The van der Waals surface area contributed by atoms with Crippen LogP contribution in [0.3, 0.4) is 0 Å². The zero-order chi connectivity index (χ0) is 19.6. The molecule has 0 saturated carbocycles. The molecule has 2 aromatic heterocycles. The smallest absolute Gasteiger partial charge is 0.294 e. The molecule has 3 N–H and O–H groups in total. The minimum absolute atomic E-state index is 0.0455. The van der Waals surface area contributed by atoms with Crippen LogP contribution in [0.2, 0.25) is 0 Å². The van der Waals surface area contributed by atoms with Gasteiger partial charge in [0.1, 0.15) is 11.4 Å². The molecule has 27 heavy (non-hydrogen) atoms. The Morgan fingerprint density at radius 1 is 1.30 bits per heavy atom. The molecule has 142 valence electrons. The molecule has 1 amide bonds. The summed E-state index contributed by atoms with van der Waals surface area (Å²) in [5.41, 5.74) is 1.27. The predicted octanol–water partition coefficient (Wildman–Crippen LogP) is -0.208. The van der Waals surface area contributed by atoms with Gasteiger partial charge in [0.05, 0.1) is 25.5 Å². The highest BCUT2D eigenvalue weighted by Gasteiger charge is 2.16. The molecule has 0 aliphatic heterocycles. The van der Waals surface area contributed by atoms with Crippen LogP contribution < -0.4 is 15.6 Å². The fraction of sp³-hybridized carbons (Fsp3) is 0.278. The van der Waals surface area contributed by atoms with Gasteiger partial charge in [-0.1, -0.05) is 0 Å². The Morgan fingerprint density at radius 2 is 2.00 bits per heavy atom. The number of aliphatic hydroxyl groups excluding tert-OH is 2. The second-order valence-electron chi connectivity index (χ2n) is 6.01. The molecule has 0 bridgehead atoms. The third-order valence-corrected chi connectivity index (χ3v) is 4.18. The van der Waals surface area contributed by atoms with Gasteiger partial charge in [0.2, 0.25) is 5.65 Å². The highest BCUT2D eigenvalue weighted by Crippen LogP contribution is 2.21. The zero-order valence-electron chi connectivity index (χ0n) is 14.9. The Kier molecular flexibility index (Phi) is 5.24. The van der Waals surface area contributed by atoms with E-state index in [4.69, 9.17) is 9.84 Å². The fourth-order valence-corrected chi connectivity index (χ4v) is 2.63. The number of carbonyl (C=O) groups excluding carboxylic acids is 1. The van der Waals surface area contributed by atoms with E-state index in [1.54, 1.807) is 32.5 Å². The predicted molar refractivity (Wildman–Crippen MR) is 97.8 cm³/mol. The second kappa shape index (κ2) is 7.60. The Labute approximate surface area is 154 Å². The van der Waals surface area contributed by atoms with E-state index in [1.807, 2.05) is 12.1 Å². The summed E-state index contributed by atoms with van der Waals surface area (Å²) in [5.74, 6) is 0.163. The molecule has 0 spiro atoms. The largest absolute Gasteiger partial charge is 0.497 e. The monoisotopic (exact) mass is 372 g/mol. The highest BCUT2D eigenvalue weighted by atomic mass is 16.5. The summed E-state index contributed by atoms with van der Waals surface area (Å²) in [6, 6.07) is 7.26. The topological polar surface area (TPSA) is 118 Å². The first-order chi connectivity index (χ1) is 12.9. The number of amides is 1. The summed E-state index contributed by atoms with van der Waals surface area (Å²) in [7, 11) is 3.21. The number of hydrogen-bond donors (Lipinski definition) is 3. The second-order valence-corrected chi connectivity index (χ2v) is 6.01. The number of fused-ring (bicyclic) bond motifs is 1. The molecule has 3 rings (SSSR count). The van der Waals surface area contributed by atoms with E-state index in [9.17, 15) is 14.7 Å². The summed E-state index contributed by atoms with van der Waals surface area (Å²) in [5, 5.41) is 20.6. The quantitative estimate of drug-likeness (QED) is 0.551. The van der Waals surface area contributed by atoms with Crippen LogP contribution in [0, 0.1) is 0 Å². The Morgan fingerprint density at radius 3 is 2.63 bits per heavy atom. The maximum Gasteiger partial charge on any atom is 0.294 e. The Bertz CT molecular complexity index is 1020. The standard InChI is InChI=1S/C18H20N4O5/c1-21-15(11-3-5-13(27-2)6-4-11)9-22-8-14(20-16(22)18(21)26)17(25)19-7-12(24)10-23/h3-6,8-9,12,23-24H,7,10H2,1-2H3,(H,19,25)/t12-/m1/s1.